The van der Waals surface area contributed by atoms with E-state index in [4.69, 9.17) is 14.1 Å². The minimum Gasteiger partial charge on any atom is -0.497 e. The van der Waals surface area contributed by atoms with Crippen LogP contribution in [0.1, 0.15) is 35.6 Å². The summed E-state index contributed by atoms with van der Waals surface area (Å²) in [5, 5.41) is 12.2. The molecule has 0 radical (unpaired) electrons. The topological polar surface area (TPSA) is 125 Å². The van der Waals surface area contributed by atoms with Gasteiger partial charge >= 0.3 is 6.01 Å². The molecule has 1 saturated carbocycles. The first-order valence-electron chi connectivity index (χ1n) is 13.9. The third-order valence-electron chi connectivity index (χ3n) is 7.55. The smallest absolute Gasteiger partial charge is 0.316 e. The van der Waals surface area contributed by atoms with Crippen molar-refractivity contribution in [2.24, 2.45) is 0 Å². The SMILES string of the molecule is COc1ccc(CNc2nnc(-c3ccc4c(c3)c(-c3cncc(C5CC5)n3)cn4S(=O)(=O)c3ccc(C)cc3)o2)cc1. The van der Waals surface area contributed by atoms with E-state index in [-0.39, 0.29) is 10.9 Å². The molecule has 1 N–H and O–H groups in total. The number of anilines is 1. The molecule has 11 heteroatoms. The fourth-order valence-corrected chi connectivity index (χ4v) is 6.35. The van der Waals surface area contributed by atoms with Crippen LogP contribution < -0.4 is 10.1 Å². The Hall–Kier alpha value is -5.03. The molecule has 216 valence electrons. The van der Waals surface area contributed by atoms with Gasteiger partial charge in [-0.2, -0.15) is 0 Å². The third-order valence-corrected chi connectivity index (χ3v) is 9.24. The van der Waals surface area contributed by atoms with Crippen molar-refractivity contribution < 1.29 is 17.6 Å². The molecule has 1 aliphatic carbocycles. The predicted octanol–water partition coefficient (Wildman–Crippen LogP) is 6.19. The summed E-state index contributed by atoms with van der Waals surface area (Å²) in [5.41, 5.74) is 5.34. The Balaban J connectivity index is 1.27. The lowest BCUT2D eigenvalue weighted by atomic mass is 10.1. The summed E-state index contributed by atoms with van der Waals surface area (Å²) in [6.07, 6.45) is 7.24. The summed E-state index contributed by atoms with van der Waals surface area (Å²) in [6.45, 7) is 2.41. The molecule has 0 unspecified atom stereocenters. The number of aromatic nitrogens is 5. The second kappa shape index (κ2) is 10.7. The molecule has 1 aliphatic rings. The molecule has 0 aliphatic heterocycles. The molecule has 10 nitrogen and oxygen atoms in total. The number of nitrogens with zero attached hydrogens (tertiary/aromatic N) is 5. The molecule has 7 rings (SSSR count). The molecule has 3 aromatic heterocycles. The molecule has 0 spiro atoms. The Morgan fingerprint density at radius 3 is 2.53 bits per heavy atom. The largest absolute Gasteiger partial charge is 0.497 e. The van der Waals surface area contributed by atoms with Gasteiger partial charge in [0.05, 0.1) is 35.1 Å². The van der Waals surface area contributed by atoms with E-state index < -0.39 is 10.0 Å². The first kappa shape index (κ1) is 26.8. The fraction of sp³-hybridized carbons (Fsp3) is 0.188. The second-order valence-electron chi connectivity index (χ2n) is 10.6. The average Bonchev–Trinajstić information content (AvgIpc) is 3.65. The van der Waals surface area contributed by atoms with Crippen LogP contribution in [-0.2, 0) is 16.6 Å². The van der Waals surface area contributed by atoms with Crippen LogP contribution in [0.5, 0.6) is 5.75 Å². The summed E-state index contributed by atoms with van der Waals surface area (Å²) < 4.78 is 40.1. The lowest BCUT2D eigenvalue weighted by Crippen LogP contribution is -2.11. The molecule has 43 heavy (non-hydrogen) atoms. The zero-order chi connectivity index (χ0) is 29.6. The van der Waals surface area contributed by atoms with Gasteiger partial charge in [-0.15, -0.1) is 5.10 Å². The molecule has 6 aromatic rings. The minimum absolute atomic E-state index is 0.202. The van der Waals surface area contributed by atoms with Gasteiger partial charge in [0.2, 0.25) is 5.89 Å². The van der Waals surface area contributed by atoms with Gasteiger partial charge in [0.15, 0.2) is 0 Å². The van der Waals surface area contributed by atoms with Gasteiger partial charge < -0.3 is 14.5 Å². The lowest BCUT2D eigenvalue weighted by Gasteiger charge is -2.08. The molecule has 3 heterocycles. The van der Waals surface area contributed by atoms with Crippen LogP contribution in [0.3, 0.4) is 0 Å². The van der Waals surface area contributed by atoms with Gasteiger partial charge in [0.1, 0.15) is 5.75 Å². The van der Waals surface area contributed by atoms with Crippen LogP contribution in [0.2, 0.25) is 0 Å². The predicted molar refractivity (Wildman–Crippen MR) is 162 cm³/mol. The van der Waals surface area contributed by atoms with Gasteiger partial charge in [-0.25, -0.2) is 17.4 Å². The number of benzene rings is 3. The summed E-state index contributed by atoms with van der Waals surface area (Å²) in [5.74, 6) is 1.48. The third kappa shape index (κ3) is 5.23. The lowest BCUT2D eigenvalue weighted by molar-refractivity contribution is 0.414. The number of aryl methyl sites for hydroxylation is 1. The first-order valence-corrected chi connectivity index (χ1v) is 15.3. The van der Waals surface area contributed by atoms with E-state index in [1.165, 1.54) is 3.97 Å². The monoisotopic (exact) mass is 592 g/mol. The van der Waals surface area contributed by atoms with Gasteiger partial charge in [0.25, 0.3) is 10.0 Å². The van der Waals surface area contributed by atoms with Crippen molar-refractivity contribution in [3.05, 3.63) is 102 Å². The number of hydrogen-bond donors (Lipinski definition) is 1. The zero-order valence-corrected chi connectivity index (χ0v) is 24.4. The maximum absolute atomic E-state index is 13.8. The molecular weight excluding hydrogens is 564 g/mol. The molecule has 3 aromatic carbocycles. The Kier molecular flexibility index (Phi) is 6.66. The molecule has 0 bridgehead atoms. The van der Waals surface area contributed by atoms with Crippen molar-refractivity contribution >= 4 is 26.9 Å². The van der Waals surface area contributed by atoms with Gasteiger partial charge in [0, 0.05) is 41.4 Å². The van der Waals surface area contributed by atoms with E-state index in [2.05, 4.69) is 20.5 Å². The number of ether oxygens (including phenoxy) is 1. The van der Waals surface area contributed by atoms with Crippen molar-refractivity contribution in [1.29, 1.82) is 0 Å². The van der Waals surface area contributed by atoms with Crippen LogP contribution in [0.25, 0.3) is 33.6 Å². The second-order valence-corrected chi connectivity index (χ2v) is 12.4. The number of methoxy groups -OCH3 is 1. The first-order chi connectivity index (χ1) is 20.9. The average molecular weight is 593 g/mol. The highest BCUT2D eigenvalue weighted by atomic mass is 32.2. The maximum Gasteiger partial charge on any atom is 0.316 e. The quantitative estimate of drug-likeness (QED) is 0.209. The molecule has 0 saturated heterocycles. The van der Waals surface area contributed by atoms with Crippen LogP contribution in [0, 0.1) is 6.92 Å². The van der Waals surface area contributed by atoms with Crippen LogP contribution in [0.15, 0.2) is 94.6 Å². The maximum atomic E-state index is 13.8. The Labute approximate surface area is 248 Å². The van der Waals surface area contributed by atoms with E-state index in [1.807, 2.05) is 37.3 Å². The fourth-order valence-electron chi connectivity index (χ4n) is 4.98. The van der Waals surface area contributed by atoms with E-state index in [0.717, 1.165) is 35.4 Å². The molecule has 1 fully saturated rings. The Bertz CT molecular complexity index is 2050. The summed E-state index contributed by atoms with van der Waals surface area (Å²) in [6, 6.07) is 20.2. The highest BCUT2D eigenvalue weighted by Crippen LogP contribution is 2.40. The number of nitrogens with one attached hydrogen (secondary N) is 1. The van der Waals surface area contributed by atoms with E-state index in [1.54, 1.807) is 62.1 Å². The van der Waals surface area contributed by atoms with Crippen molar-refractivity contribution in [3.63, 3.8) is 0 Å². The summed E-state index contributed by atoms with van der Waals surface area (Å²) in [7, 11) is -2.27. The minimum atomic E-state index is -3.90. The standard InChI is InChI=1S/C32H28N6O4S/c1-20-3-12-25(13-4-20)43(39,40)38-19-27(29-18-33-17-28(35-29)22-7-8-22)26-15-23(9-14-30(26)38)31-36-37-32(42-31)34-16-21-5-10-24(41-2)11-6-21/h3-6,9-15,17-19,22H,7-8,16H2,1-2H3,(H,34,37). The van der Waals surface area contributed by atoms with Crippen molar-refractivity contribution in [2.45, 2.75) is 37.1 Å². The van der Waals surface area contributed by atoms with Gasteiger partial charge in [-0.3, -0.25) is 4.98 Å². The highest BCUT2D eigenvalue weighted by Gasteiger charge is 2.27. The van der Waals surface area contributed by atoms with E-state index in [9.17, 15) is 8.42 Å². The van der Waals surface area contributed by atoms with Crippen molar-refractivity contribution in [2.75, 3.05) is 12.4 Å². The molecular formula is C32H28N6O4S. The summed E-state index contributed by atoms with van der Waals surface area (Å²) in [4.78, 5) is 9.50. The van der Waals surface area contributed by atoms with Crippen LogP contribution in [-0.4, -0.2) is 39.7 Å². The normalized spacial score (nSPS) is 13.3. The van der Waals surface area contributed by atoms with Crippen LogP contribution >= 0.6 is 0 Å². The molecule has 0 atom stereocenters. The Morgan fingerprint density at radius 1 is 1.00 bits per heavy atom. The van der Waals surface area contributed by atoms with Gasteiger partial charge in [-0.05, 0) is 67.8 Å². The van der Waals surface area contributed by atoms with Gasteiger partial charge in [-0.1, -0.05) is 34.9 Å². The highest BCUT2D eigenvalue weighted by molar-refractivity contribution is 7.90. The number of hydrogen-bond acceptors (Lipinski definition) is 9. The summed E-state index contributed by atoms with van der Waals surface area (Å²) >= 11 is 0. The Morgan fingerprint density at radius 2 is 1.79 bits per heavy atom. The van der Waals surface area contributed by atoms with Crippen LogP contribution in [0.4, 0.5) is 6.01 Å². The van der Waals surface area contributed by atoms with Crippen molar-refractivity contribution in [3.8, 4) is 28.5 Å². The van der Waals surface area contributed by atoms with Crippen molar-refractivity contribution in [1.82, 2.24) is 24.1 Å². The van der Waals surface area contributed by atoms with E-state index in [0.29, 0.717) is 46.1 Å². The number of rotatable bonds is 9. The zero-order valence-electron chi connectivity index (χ0n) is 23.6. The molecule has 0 amide bonds. The van der Waals surface area contributed by atoms with E-state index >= 15 is 0 Å². The number of fused-ring (bicyclic) bond motifs is 1.